The number of methoxy groups -OCH3 is 1. The third kappa shape index (κ3) is 3.28. The van der Waals surface area contributed by atoms with E-state index in [0.29, 0.717) is 27.3 Å². The largest absolute Gasteiger partial charge is 0.473 e. The van der Waals surface area contributed by atoms with Gasteiger partial charge in [0.25, 0.3) is 5.19 Å². The number of rotatable bonds is 3. The average molecular weight is 546 g/mol. The Kier molecular flexibility index (Phi) is 5.66. The minimum atomic E-state index is -1.74. The molecule has 0 amide bonds. The molecule has 208 valence electrons. The van der Waals surface area contributed by atoms with E-state index in [9.17, 15) is 15.0 Å². The van der Waals surface area contributed by atoms with Crippen LogP contribution < -0.4 is 4.74 Å². The smallest absolute Gasteiger partial charge is 0.351 e. The van der Waals surface area contributed by atoms with Crippen LogP contribution in [0.15, 0.2) is 23.3 Å². The number of esters is 1. The van der Waals surface area contributed by atoms with Gasteiger partial charge in [-0.05, 0) is 68.4 Å². The third-order valence-corrected chi connectivity index (χ3v) is 11.4. The van der Waals surface area contributed by atoms with Gasteiger partial charge in [0.2, 0.25) is 0 Å². The van der Waals surface area contributed by atoms with Crippen molar-refractivity contribution in [2.45, 2.75) is 84.6 Å². The Morgan fingerprint density at radius 3 is 2.61 bits per heavy atom. The van der Waals surface area contributed by atoms with Crippen molar-refractivity contribution >= 4 is 17.3 Å². The maximum Gasteiger partial charge on any atom is 0.351 e. The van der Waals surface area contributed by atoms with Crippen LogP contribution in [0.3, 0.4) is 0 Å². The first kappa shape index (κ1) is 26.4. The minimum absolute atomic E-state index is 0.0898. The standard InChI is InChI=1S/C29H39NO7S/c1-13-11-28-14(2)9-18-19(26(18,4)5)17(21(28)31)10-16-12-35-27(6,7)37-23(16)29(28,33)22(13)36-24(32)20-15(3)30-25(34-8)38-20/h10-11,14,17-19,21-23,31,33H,9,12H2,1-8H3/t14-,17+,18-,19+,21?,22+,23-,28+,29-/m1/s1. The van der Waals surface area contributed by atoms with E-state index in [2.05, 4.69) is 31.8 Å². The van der Waals surface area contributed by atoms with E-state index < -0.39 is 41.1 Å². The Hall–Kier alpha value is -1.78. The molecule has 2 heterocycles. The molecule has 2 N–H and O–H groups in total. The zero-order valence-electron chi connectivity index (χ0n) is 23.4. The second-order valence-corrected chi connectivity index (χ2v) is 14.0. The number of carbonyl (C=O) groups is 1. The van der Waals surface area contributed by atoms with Crippen molar-refractivity contribution in [2.75, 3.05) is 13.7 Å². The molecule has 1 aliphatic heterocycles. The lowest BCUT2D eigenvalue weighted by Gasteiger charge is -2.55. The number of hydrogen-bond acceptors (Lipinski definition) is 9. The van der Waals surface area contributed by atoms with Gasteiger partial charge in [-0.25, -0.2) is 9.78 Å². The zero-order valence-corrected chi connectivity index (χ0v) is 24.2. The number of aliphatic hydroxyl groups is 2. The third-order valence-electron chi connectivity index (χ3n) is 10.3. The number of fused-ring (bicyclic) bond motifs is 5. The number of thiazole rings is 1. The van der Waals surface area contributed by atoms with Crippen LogP contribution in [-0.4, -0.2) is 64.6 Å². The lowest BCUT2D eigenvalue weighted by atomic mass is 9.58. The quantitative estimate of drug-likeness (QED) is 0.433. The highest BCUT2D eigenvalue weighted by Crippen LogP contribution is 2.73. The number of ether oxygens (including phenoxy) is 4. The van der Waals surface area contributed by atoms with Crippen molar-refractivity contribution in [1.29, 1.82) is 0 Å². The van der Waals surface area contributed by atoms with Crippen LogP contribution in [0.4, 0.5) is 0 Å². The number of nitrogens with zero attached hydrogens (tertiary/aromatic N) is 1. The fraction of sp³-hybridized carbons (Fsp3) is 0.724. The van der Waals surface area contributed by atoms with Gasteiger partial charge in [-0.2, -0.15) is 0 Å². The van der Waals surface area contributed by atoms with Gasteiger partial charge in [0.05, 0.1) is 30.9 Å². The summed E-state index contributed by atoms with van der Waals surface area (Å²) in [6, 6.07) is 0. The van der Waals surface area contributed by atoms with Gasteiger partial charge in [0.15, 0.2) is 11.9 Å². The van der Waals surface area contributed by atoms with E-state index in [4.69, 9.17) is 18.9 Å². The number of aryl methyl sites for hydroxylation is 1. The van der Waals surface area contributed by atoms with Gasteiger partial charge in [-0.3, -0.25) is 0 Å². The fourth-order valence-electron chi connectivity index (χ4n) is 8.42. The first-order chi connectivity index (χ1) is 17.7. The molecule has 8 nitrogen and oxygen atoms in total. The van der Waals surface area contributed by atoms with Crippen LogP contribution >= 0.6 is 11.3 Å². The Morgan fingerprint density at radius 2 is 1.95 bits per heavy atom. The summed E-state index contributed by atoms with van der Waals surface area (Å²) < 4.78 is 24.0. The summed E-state index contributed by atoms with van der Waals surface area (Å²) in [7, 11) is 1.50. The topological polar surface area (TPSA) is 107 Å². The normalized spacial score (nSPS) is 43.9. The highest BCUT2D eigenvalue weighted by Gasteiger charge is 2.77. The summed E-state index contributed by atoms with van der Waals surface area (Å²) in [4.78, 5) is 18.2. The van der Waals surface area contributed by atoms with E-state index in [1.807, 2.05) is 26.8 Å². The van der Waals surface area contributed by atoms with Crippen LogP contribution in [-0.2, 0) is 14.2 Å². The Morgan fingerprint density at radius 1 is 1.24 bits per heavy atom. The van der Waals surface area contributed by atoms with Gasteiger partial charge in [0.1, 0.15) is 16.6 Å². The van der Waals surface area contributed by atoms with Gasteiger partial charge in [-0.1, -0.05) is 44.3 Å². The molecule has 1 unspecified atom stereocenters. The van der Waals surface area contributed by atoms with Crippen LogP contribution in [0.1, 0.15) is 63.3 Å². The summed E-state index contributed by atoms with van der Waals surface area (Å²) >= 11 is 1.11. The number of hydrogen-bond donors (Lipinski definition) is 2. The molecule has 6 rings (SSSR count). The number of aliphatic hydroxyl groups excluding tert-OH is 1. The van der Waals surface area contributed by atoms with Crippen molar-refractivity contribution in [1.82, 2.24) is 4.98 Å². The molecule has 5 aliphatic rings. The SMILES string of the molecule is COc1nc(C)c(C(=O)O[C@H]2C(C)=C[C@]34C(O)[C@@H](C=C5COC(C)(C)O[C@H]5[C@]23O)[C@H]2[C@@H](C[C@H]4C)C2(C)C)s1. The summed E-state index contributed by atoms with van der Waals surface area (Å²) in [6.07, 6.45) is 2.23. The molecular weight excluding hydrogens is 506 g/mol. The van der Waals surface area contributed by atoms with Crippen LogP contribution in [0.5, 0.6) is 5.19 Å². The monoisotopic (exact) mass is 545 g/mol. The van der Waals surface area contributed by atoms with E-state index in [0.717, 1.165) is 23.3 Å². The second kappa shape index (κ2) is 8.13. The summed E-state index contributed by atoms with van der Waals surface area (Å²) in [5.41, 5.74) is -0.702. The molecule has 1 aromatic heterocycles. The molecule has 9 heteroatoms. The number of aromatic nitrogens is 1. The fourth-order valence-corrected chi connectivity index (χ4v) is 9.18. The van der Waals surface area contributed by atoms with Crippen molar-refractivity contribution < 1.29 is 34.0 Å². The molecule has 3 fully saturated rings. The Labute approximate surface area is 228 Å². The zero-order chi connectivity index (χ0) is 27.6. The van der Waals surface area contributed by atoms with Gasteiger partial charge < -0.3 is 29.2 Å². The Balaban J connectivity index is 1.50. The molecule has 1 saturated heterocycles. The summed E-state index contributed by atoms with van der Waals surface area (Å²) in [5, 5.41) is 25.8. The van der Waals surface area contributed by atoms with Crippen LogP contribution in [0, 0.1) is 41.4 Å². The van der Waals surface area contributed by atoms with Crippen molar-refractivity contribution in [2.24, 2.45) is 34.5 Å². The lowest BCUT2D eigenvalue weighted by molar-refractivity contribution is -0.312. The van der Waals surface area contributed by atoms with Crippen LogP contribution in [0.25, 0.3) is 0 Å². The highest BCUT2D eigenvalue weighted by atomic mass is 32.1. The van der Waals surface area contributed by atoms with E-state index in [-0.39, 0.29) is 29.8 Å². The molecule has 4 aliphatic carbocycles. The van der Waals surface area contributed by atoms with Crippen molar-refractivity contribution in [3.8, 4) is 5.19 Å². The molecule has 2 bridgehead atoms. The maximum atomic E-state index is 13.5. The molecule has 2 saturated carbocycles. The highest BCUT2D eigenvalue weighted by molar-refractivity contribution is 7.15. The van der Waals surface area contributed by atoms with Gasteiger partial charge in [0, 0.05) is 5.92 Å². The van der Waals surface area contributed by atoms with Crippen LogP contribution in [0.2, 0.25) is 0 Å². The molecule has 1 spiro atoms. The maximum absolute atomic E-state index is 13.5. The lowest BCUT2D eigenvalue weighted by Crippen LogP contribution is -2.69. The average Bonchev–Trinajstić information content (AvgIpc) is 3.11. The van der Waals surface area contributed by atoms with Gasteiger partial charge >= 0.3 is 5.97 Å². The van der Waals surface area contributed by atoms with Crippen molar-refractivity contribution in [3.63, 3.8) is 0 Å². The predicted molar refractivity (Wildman–Crippen MR) is 141 cm³/mol. The van der Waals surface area contributed by atoms with E-state index >= 15 is 0 Å². The molecular formula is C29H39NO7S. The number of carbonyl (C=O) groups excluding carboxylic acids is 1. The molecule has 38 heavy (non-hydrogen) atoms. The first-order valence-corrected chi connectivity index (χ1v) is 14.3. The molecule has 0 aromatic carbocycles. The second-order valence-electron chi connectivity index (χ2n) is 13.1. The van der Waals surface area contributed by atoms with Crippen molar-refractivity contribution in [3.05, 3.63) is 33.9 Å². The predicted octanol–water partition coefficient (Wildman–Crippen LogP) is 4.04. The molecule has 1 aromatic rings. The molecule has 9 atom stereocenters. The summed E-state index contributed by atoms with van der Waals surface area (Å²) in [5.74, 6) is -1.09. The molecule has 0 radical (unpaired) electrons. The minimum Gasteiger partial charge on any atom is -0.473 e. The Bertz CT molecular complexity index is 1250. The first-order valence-electron chi connectivity index (χ1n) is 13.5. The van der Waals surface area contributed by atoms with E-state index in [1.165, 1.54) is 7.11 Å². The summed E-state index contributed by atoms with van der Waals surface area (Å²) in [6.45, 7) is 14.2. The van der Waals surface area contributed by atoms with Gasteiger partial charge in [-0.15, -0.1) is 0 Å². The van der Waals surface area contributed by atoms with E-state index in [1.54, 1.807) is 6.92 Å².